The number of benzene rings is 2. The maximum atomic E-state index is 12.7. The van der Waals surface area contributed by atoms with E-state index in [-0.39, 0.29) is 33.8 Å². The van der Waals surface area contributed by atoms with Gasteiger partial charge in [0.1, 0.15) is 11.3 Å². The highest BCUT2D eigenvalue weighted by atomic mass is 16.6. The molecule has 0 bridgehead atoms. The average molecular weight is 457 g/mol. The Morgan fingerprint density at radius 2 is 1.79 bits per heavy atom. The number of hydrogen-bond acceptors (Lipinski definition) is 6. The largest absolute Gasteiger partial charge is 0.505 e. The molecule has 0 spiro atoms. The van der Waals surface area contributed by atoms with Gasteiger partial charge in [-0.05, 0) is 47.4 Å². The second-order valence-corrected chi connectivity index (χ2v) is 7.95. The van der Waals surface area contributed by atoms with Crippen LogP contribution in [-0.2, 0) is 4.79 Å². The van der Waals surface area contributed by atoms with Gasteiger partial charge in [0.05, 0.1) is 16.4 Å². The lowest BCUT2D eigenvalue weighted by atomic mass is 9.93. The summed E-state index contributed by atoms with van der Waals surface area (Å²) in [7, 11) is 0. The molecule has 172 valence electrons. The van der Waals surface area contributed by atoms with Gasteiger partial charge < -0.3 is 10.4 Å². The zero-order chi connectivity index (χ0) is 24.1. The van der Waals surface area contributed by atoms with Crippen LogP contribution in [-0.4, -0.2) is 25.9 Å². The van der Waals surface area contributed by atoms with E-state index >= 15 is 0 Å². The molecule has 34 heavy (non-hydrogen) atoms. The second-order valence-electron chi connectivity index (χ2n) is 7.95. The summed E-state index contributed by atoms with van der Waals surface area (Å²) < 4.78 is 0. The number of nitrogens with zero attached hydrogens (tertiary/aromatic N) is 3. The smallest absolute Gasteiger partial charge is 0.279 e. The number of non-ortho nitro benzene ring substituents is 1. The molecule has 0 fully saturated rings. The average Bonchev–Trinajstić information content (AvgIpc) is 2.87. The fraction of sp³-hybridized carbons (Fsp3) is 0.192. The molecule has 0 aliphatic rings. The number of phenolic OH excluding ortho intramolecular Hbond substituents is 1. The lowest BCUT2D eigenvalue weighted by molar-refractivity contribution is -0.383. The highest BCUT2D eigenvalue weighted by Gasteiger charge is 2.27. The highest BCUT2D eigenvalue weighted by Crippen LogP contribution is 2.39. The molecule has 1 amide bonds. The lowest BCUT2D eigenvalue weighted by Gasteiger charge is -2.22. The molecule has 2 aromatic heterocycles. The second kappa shape index (κ2) is 10.1. The minimum atomic E-state index is -0.791. The zero-order valence-electron chi connectivity index (χ0n) is 18.6. The number of nitro benzene ring substituents is 1. The summed E-state index contributed by atoms with van der Waals surface area (Å²) in [5, 5.41) is 26.1. The first-order chi connectivity index (χ1) is 16.5. The number of pyridine rings is 2. The summed E-state index contributed by atoms with van der Waals surface area (Å²) in [4.78, 5) is 32.2. The number of phenols is 1. The number of carbonyl (C=O) groups excluding carboxylic acids is 1. The van der Waals surface area contributed by atoms with E-state index in [1.54, 1.807) is 24.5 Å². The summed E-state index contributed by atoms with van der Waals surface area (Å²) in [6, 6.07) is 14.9. The van der Waals surface area contributed by atoms with Gasteiger partial charge in [0.25, 0.3) is 5.69 Å². The van der Waals surface area contributed by atoms with E-state index in [1.165, 1.54) is 12.3 Å². The number of rotatable bonds is 8. The Kier molecular flexibility index (Phi) is 6.77. The van der Waals surface area contributed by atoms with Gasteiger partial charge >= 0.3 is 0 Å². The molecule has 8 nitrogen and oxygen atoms in total. The third-order valence-corrected chi connectivity index (χ3v) is 5.70. The van der Waals surface area contributed by atoms with Crippen molar-refractivity contribution < 1.29 is 14.8 Å². The summed E-state index contributed by atoms with van der Waals surface area (Å²) >= 11 is 0. The van der Waals surface area contributed by atoms with E-state index in [2.05, 4.69) is 15.3 Å². The first-order valence-corrected chi connectivity index (χ1v) is 11.0. The maximum Gasteiger partial charge on any atom is 0.279 e. The van der Waals surface area contributed by atoms with Crippen molar-refractivity contribution in [2.24, 2.45) is 0 Å². The molecule has 0 aliphatic carbocycles. The summed E-state index contributed by atoms with van der Waals surface area (Å²) in [5.41, 5.74) is 2.78. The van der Waals surface area contributed by atoms with E-state index in [1.807, 2.05) is 43.3 Å². The van der Waals surface area contributed by atoms with Crippen LogP contribution in [0.3, 0.4) is 0 Å². The Labute approximate surface area is 196 Å². The number of aromatic hydroxyl groups is 1. The Balaban J connectivity index is 1.82. The zero-order valence-corrected chi connectivity index (χ0v) is 18.6. The molecular weight excluding hydrogens is 432 g/mol. The minimum Gasteiger partial charge on any atom is -0.505 e. The molecule has 2 heterocycles. The Morgan fingerprint density at radius 1 is 1.09 bits per heavy atom. The SMILES string of the molecule is CCCCC(=O)NC(c1ccc(-c2ccncc2)cc1)c1cc([N+](=O)[O-])c2cccnc2c1O. The van der Waals surface area contributed by atoms with Gasteiger partial charge in [0.15, 0.2) is 0 Å². The van der Waals surface area contributed by atoms with Crippen LogP contribution in [0.5, 0.6) is 5.75 Å². The number of nitrogens with one attached hydrogen (secondary N) is 1. The molecule has 4 rings (SSSR count). The van der Waals surface area contributed by atoms with Crippen LogP contribution in [0.1, 0.15) is 43.4 Å². The van der Waals surface area contributed by atoms with Gasteiger partial charge in [-0.25, -0.2) is 0 Å². The van der Waals surface area contributed by atoms with E-state index in [9.17, 15) is 20.0 Å². The van der Waals surface area contributed by atoms with Crippen molar-refractivity contribution >= 4 is 22.5 Å². The number of aromatic nitrogens is 2. The van der Waals surface area contributed by atoms with Gasteiger partial charge in [-0.1, -0.05) is 37.6 Å². The number of hydrogen-bond donors (Lipinski definition) is 2. The Morgan fingerprint density at radius 3 is 2.47 bits per heavy atom. The van der Waals surface area contributed by atoms with Crippen LogP contribution in [0.25, 0.3) is 22.0 Å². The number of nitro groups is 1. The normalized spacial score (nSPS) is 11.8. The molecule has 8 heteroatoms. The fourth-order valence-electron chi connectivity index (χ4n) is 3.93. The minimum absolute atomic E-state index is 0.118. The summed E-state index contributed by atoms with van der Waals surface area (Å²) in [6.45, 7) is 1.99. The highest BCUT2D eigenvalue weighted by molar-refractivity contribution is 5.94. The molecule has 1 atom stereocenters. The van der Waals surface area contributed by atoms with Crippen LogP contribution >= 0.6 is 0 Å². The molecule has 2 aromatic carbocycles. The van der Waals surface area contributed by atoms with Crippen LogP contribution in [0.2, 0.25) is 0 Å². The molecule has 4 aromatic rings. The molecule has 0 saturated carbocycles. The van der Waals surface area contributed by atoms with Crippen molar-refractivity contribution in [1.29, 1.82) is 0 Å². The predicted octanol–water partition coefficient (Wildman–Crippen LogP) is 5.31. The maximum absolute atomic E-state index is 12.7. The van der Waals surface area contributed by atoms with Crippen LogP contribution in [0, 0.1) is 10.1 Å². The van der Waals surface area contributed by atoms with Gasteiger partial charge in [-0.2, -0.15) is 0 Å². The number of unbranched alkanes of at least 4 members (excludes halogenated alkanes) is 1. The first kappa shape index (κ1) is 22.8. The van der Waals surface area contributed by atoms with Gasteiger partial charge in [0.2, 0.25) is 5.91 Å². The molecule has 0 aliphatic heterocycles. The van der Waals surface area contributed by atoms with E-state index in [4.69, 9.17) is 0 Å². The van der Waals surface area contributed by atoms with Crippen molar-refractivity contribution in [3.63, 3.8) is 0 Å². The van der Waals surface area contributed by atoms with Crippen molar-refractivity contribution in [1.82, 2.24) is 15.3 Å². The molecule has 2 N–H and O–H groups in total. The van der Waals surface area contributed by atoms with E-state index < -0.39 is 11.0 Å². The number of fused-ring (bicyclic) bond motifs is 1. The third-order valence-electron chi connectivity index (χ3n) is 5.70. The lowest BCUT2D eigenvalue weighted by Crippen LogP contribution is -2.29. The van der Waals surface area contributed by atoms with Crippen molar-refractivity contribution in [2.75, 3.05) is 0 Å². The Bertz CT molecular complexity index is 1320. The third kappa shape index (κ3) is 4.71. The standard InChI is InChI=1S/C26H24N4O4/c1-2-3-6-23(31)29-24(19-9-7-17(8-10-19)18-11-14-27-15-12-18)21-16-22(30(33)34)20-5-4-13-28-25(20)26(21)32/h4-5,7-16,24,32H,2-3,6H2,1H3,(H,29,31). The van der Waals surface area contributed by atoms with Gasteiger partial charge in [-0.15, -0.1) is 0 Å². The monoisotopic (exact) mass is 456 g/mol. The quantitative estimate of drug-likeness (QED) is 0.274. The molecule has 1 unspecified atom stereocenters. The summed E-state index contributed by atoms with van der Waals surface area (Å²) in [5.74, 6) is -0.395. The molecular formula is C26H24N4O4. The first-order valence-electron chi connectivity index (χ1n) is 11.0. The van der Waals surface area contributed by atoms with Gasteiger partial charge in [0, 0.05) is 36.6 Å². The topological polar surface area (TPSA) is 118 Å². The van der Waals surface area contributed by atoms with Crippen LogP contribution in [0.4, 0.5) is 5.69 Å². The summed E-state index contributed by atoms with van der Waals surface area (Å²) in [6.07, 6.45) is 6.77. The van der Waals surface area contributed by atoms with Crippen molar-refractivity contribution in [3.8, 4) is 16.9 Å². The Hall–Kier alpha value is -4.33. The van der Waals surface area contributed by atoms with Gasteiger partial charge in [-0.3, -0.25) is 24.9 Å². The van der Waals surface area contributed by atoms with E-state index in [0.29, 0.717) is 18.4 Å². The molecule has 0 radical (unpaired) electrons. The molecule has 0 saturated heterocycles. The number of amides is 1. The fourth-order valence-corrected chi connectivity index (χ4v) is 3.93. The van der Waals surface area contributed by atoms with E-state index in [0.717, 1.165) is 17.5 Å². The van der Waals surface area contributed by atoms with Crippen LogP contribution in [0.15, 0.2) is 73.2 Å². The van der Waals surface area contributed by atoms with Crippen molar-refractivity contribution in [2.45, 2.75) is 32.2 Å². The predicted molar refractivity (Wildman–Crippen MR) is 129 cm³/mol. The number of carbonyl (C=O) groups is 1. The van der Waals surface area contributed by atoms with Crippen LogP contribution < -0.4 is 5.32 Å². The van der Waals surface area contributed by atoms with Crippen molar-refractivity contribution in [3.05, 3.63) is 94.4 Å².